The van der Waals surface area contributed by atoms with Crippen molar-refractivity contribution in [2.75, 3.05) is 23.4 Å². The molecule has 0 fully saturated rings. The van der Waals surface area contributed by atoms with Gasteiger partial charge in [-0.2, -0.15) is 0 Å². The number of nitrogens with zero attached hydrogens (tertiary/aromatic N) is 3. The van der Waals surface area contributed by atoms with Crippen molar-refractivity contribution in [1.29, 1.82) is 0 Å². The monoisotopic (exact) mass is 396 g/mol. The van der Waals surface area contributed by atoms with Gasteiger partial charge in [0, 0.05) is 29.9 Å². The first kappa shape index (κ1) is 18.0. The Morgan fingerprint density at radius 2 is 2.07 bits per heavy atom. The molecule has 1 aromatic carbocycles. The molecule has 2 N–H and O–H groups in total. The highest BCUT2D eigenvalue weighted by atomic mass is 32.2. The molecule has 0 saturated carbocycles. The van der Waals surface area contributed by atoms with Gasteiger partial charge in [0.15, 0.2) is 10.9 Å². The third-order valence-electron chi connectivity index (χ3n) is 4.92. The molecule has 4 rings (SSSR count). The van der Waals surface area contributed by atoms with E-state index in [1.165, 1.54) is 28.7 Å². The minimum Gasteiger partial charge on any atom is -0.383 e. The van der Waals surface area contributed by atoms with Gasteiger partial charge in [-0.05, 0) is 23.1 Å². The second-order valence-electron chi connectivity index (χ2n) is 7.02. The number of hydrogen-bond donors (Lipinski definition) is 1. The Morgan fingerprint density at radius 1 is 1.30 bits per heavy atom. The Hall–Kier alpha value is -2.38. The van der Waals surface area contributed by atoms with E-state index in [2.05, 4.69) is 40.8 Å². The molecule has 0 saturated heterocycles. The second kappa shape index (κ2) is 6.65. The molecule has 0 amide bonds. The number of hydrogen-bond acceptors (Lipinski definition) is 7. The summed E-state index contributed by atoms with van der Waals surface area (Å²) in [6, 6.07) is 10.2. The van der Waals surface area contributed by atoms with E-state index in [1.54, 1.807) is 6.08 Å². The number of fused-ring (bicyclic) bond motifs is 2. The maximum atomic E-state index is 12.6. The van der Waals surface area contributed by atoms with E-state index in [0.717, 1.165) is 21.6 Å². The summed E-state index contributed by atoms with van der Waals surface area (Å²) in [5.41, 5.74) is 9.16. The summed E-state index contributed by atoms with van der Waals surface area (Å²) in [5.74, 6) is 0.776. The van der Waals surface area contributed by atoms with Crippen molar-refractivity contribution in [3.63, 3.8) is 0 Å². The summed E-state index contributed by atoms with van der Waals surface area (Å²) in [6.45, 7) is 4.30. The first-order valence-electron chi connectivity index (χ1n) is 8.59. The van der Waals surface area contributed by atoms with Gasteiger partial charge >= 0.3 is 0 Å². The van der Waals surface area contributed by atoms with Crippen LogP contribution in [0.25, 0.3) is 10.2 Å². The van der Waals surface area contributed by atoms with Gasteiger partial charge < -0.3 is 10.6 Å². The molecule has 138 valence electrons. The molecule has 0 atom stereocenters. The van der Waals surface area contributed by atoms with Crippen molar-refractivity contribution in [1.82, 2.24) is 9.97 Å². The van der Waals surface area contributed by atoms with Gasteiger partial charge in [-0.3, -0.25) is 4.79 Å². The summed E-state index contributed by atoms with van der Waals surface area (Å²) in [7, 11) is 2.01. The van der Waals surface area contributed by atoms with Crippen molar-refractivity contribution in [3.8, 4) is 0 Å². The minimum atomic E-state index is -0.206. The van der Waals surface area contributed by atoms with Crippen LogP contribution in [0, 0.1) is 0 Å². The molecule has 0 aliphatic carbocycles. The zero-order valence-corrected chi connectivity index (χ0v) is 17.0. The lowest BCUT2D eigenvalue weighted by molar-refractivity contribution is -0.112. The molecule has 7 heteroatoms. The Kier molecular flexibility index (Phi) is 4.44. The SMILES string of the molecule is CN1/C(=C\C(=O)CSc2nc(N)c3ccsc3n2)C(C)(C)c2ccccc21. The quantitative estimate of drug-likeness (QED) is 0.404. The predicted molar refractivity (Wildman–Crippen MR) is 114 cm³/mol. The van der Waals surface area contributed by atoms with Crippen molar-refractivity contribution in [2.24, 2.45) is 0 Å². The highest BCUT2D eigenvalue weighted by Gasteiger charge is 2.38. The Morgan fingerprint density at radius 3 is 2.85 bits per heavy atom. The standard InChI is InChI=1S/C20H20N4OS2/c1-20(2)14-6-4-5-7-15(14)24(3)16(20)10-12(25)11-27-19-22-17(21)13-8-9-26-18(13)23-19/h4-10H,11H2,1-3H3,(H2,21,22,23)/b16-10-. The first-order valence-corrected chi connectivity index (χ1v) is 10.5. The smallest absolute Gasteiger partial charge is 0.191 e. The van der Waals surface area contributed by atoms with Gasteiger partial charge in [-0.1, -0.05) is 43.8 Å². The fourth-order valence-electron chi connectivity index (χ4n) is 3.51. The molecule has 5 nitrogen and oxygen atoms in total. The lowest BCUT2D eigenvalue weighted by atomic mass is 9.83. The Bertz CT molecular complexity index is 1070. The highest BCUT2D eigenvalue weighted by molar-refractivity contribution is 7.99. The number of nitrogens with two attached hydrogens (primary N) is 1. The number of thioether (sulfide) groups is 1. The number of carbonyl (C=O) groups is 1. The van der Waals surface area contributed by atoms with Gasteiger partial charge in [-0.25, -0.2) is 9.97 Å². The van der Waals surface area contributed by atoms with Gasteiger partial charge in [-0.15, -0.1) is 11.3 Å². The van der Waals surface area contributed by atoms with E-state index in [-0.39, 0.29) is 17.0 Å². The molecule has 0 unspecified atom stereocenters. The molecule has 0 bridgehead atoms. The zero-order valence-electron chi connectivity index (χ0n) is 15.4. The van der Waals surface area contributed by atoms with Crippen LogP contribution in [0.4, 0.5) is 11.5 Å². The largest absolute Gasteiger partial charge is 0.383 e. The average molecular weight is 397 g/mol. The van der Waals surface area contributed by atoms with Gasteiger partial charge in [0.2, 0.25) is 0 Å². The summed E-state index contributed by atoms with van der Waals surface area (Å²) >= 11 is 2.84. The summed E-state index contributed by atoms with van der Waals surface area (Å²) < 4.78 is 0. The fraction of sp³-hybridized carbons (Fsp3) is 0.250. The van der Waals surface area contributed by atoms with Gasteiger partial charge in [0.1, 0.15) is 10.6 Å². The predicted octanol–water partition coefficient (Wildman–Crippen LogP) is 4.25. The van der Waals surface area contributed by atoms with E-state index >= 15 is 0 Å². The molecule has 0 spiro atoms. The Balaban J connectivity index is 1.53. The number of rotatable bonds is 4. The maximum Gasteiger partial charge on any atom is 0.191 e. The van der Waals surface area contributed by atoms with Crippen LogP contribution in [0.15, 0.2) is 52.6 Å². The number of para-hydroxylation sites is 1. The fourth-order valence-corrected chi connectivity index (χ4v) is 5.01. The summed E-state index contributed by atoms with van der Waals surface area (Å²) in [6.07, 6.45) is 1.75. The molecule has 3 heterocycles. The summed E-state index contributed by atoms with van der Waals surface area (Å²) in [5, 5.41) is 3.34. The normalized spacial score (nSPS) is 16.9. The number of anilines is 2. The number of carbonyl (C=O) groups excluding carboxylic acids is 1. The van der Waals surface area contributed by atoms with Crippen molar-refractivity contribution in [2.45, 2.75) is 24.4 Å². The van der Waals surface area contributed by atoms with Crippen LogP contribution in [0.3, 0.4) is 0 Å². The van der Waals surface area contributed by atoms with Crippen molar-refractivity contribution < 1.29 is 4.79 Å². The van der Waals surface area contributed by atoms with E-state index in [1.807, 2.05) is 30.6 Å². The molecular weight excluding hydrogens is 376 g/mol. The second-order valence-corrected chi connectivity index (χ2v) is 8.85. The number of nitrogen functional groups attached to an aromatic ring is 1. The van der Waals surface area contributed by atoms with Crippen LogP contribution >= 0.6 is 23.1 Å². The topological polar surface area (TPSA) is 72.1 Å². The molecule has 3 aromatic rings. The molecule has 0 radical (unpaired) electrons. The minimum absolute atomic E-state index is 0.0381. The van der Waals surface area contributed by atoms with Crippen molar-refractivity contribution in [3.05, 3.63) is 53.0 Å². The maximum absolute atomic E-state index is 12.6. The lowest BCUT2D eigenvalue weighted by Crippen LogP contribution is -2.24. The number of thiophene rings is 1. The van der Waals surface area contributed by atoms with Crippen LogP contribution in [-0.2, 0) is 10.2 Å². The highest BCUT2D eigenvalue weighted by Crippen LogP contribution is 2.46. The summed E-state index contributed by atoms with van der Waals surface area (Å²) in [4.78, 5) is 24.4. The molecule has 1 aliphatic rings. The third-order valence-corrected chi connectivity index (χ3v) is 6.59. The molecule has 1 aliphatic heterocycles. The number of aromatic nitrogens is 2. The third kappa shape index (κ3) is 3.11. The molecule has 27 heavy (non-hydrogen) atoms. The number of benzene rings is 1. The molecular formula is C20H20N4OS2. The average Bonchev–Trinajstić information content (AvgIpc) is 3.19. The Labute approximate surface area is 166 Å². The van der Waals surface area contributed by atoms with Crippen LogP contribution in [0.5, 0.6) is 0 Å². The van der Waals surface area contributed by atoms with E-state index < -0.39 is 0 Å². The number of allylic oxidation sites excluding steroid dienone is 2. The van der Waals surface area contributed by atoms with E-state index in [0.29, 0.717) is 11.0 Å². The van der Waals surface area contributed by atoms with Crippen LogP contribution in [0.1, 0.15) is 19.4 Å². The van der Waals surface area contributed by atoms with Crippen LogP contribution < -0.4 is 10.6 Å². The van der Waals surface area contributed by atoms with Crippen molar-refractivity contribution >= 4 is 50.6 Å². The van der Waals surface area contributed by atoms with E-state index in [4.69, 9.17) is 5.73 Å². The van der Waals surface area contributed by atoms with Crippen LogP contribution in [-0.4, -0.2) is 28.6 Å². The van der Waals surface area contributed by atoms with E-state index in [9.17, 15) is 4.79 Å². The lowest BCUT2D eigenvalue weighted by Gasteiger charge is -2.23. The number of likely N-dealkylation sites (N-methyl/N-ethyl adjacent to an activating group) is 1. The van der Waals surface area contributed by atoms with Gasteiger partial charge in [0.25, 0.3) is 0 Å². The first-order chi connectivity index (χ1) is 12.9. The molecule has 2 aromatic heterocycles. The van der Waals surface area contributed by atoms with Crippen LogP contribution in [0.2, 0.25) is 0 Å². The number of ketones is 1. The van der Waals surface area contributed by atoms with Gasteiger partial charge in [0.05, 0.1) is 11.1 Å². The zero-order chi connectivity index (χ0) is 19.2.